The summed E-state index contributed by atoms with van der Waals surface area (Å²) < 4.78 is 10.7. The molecule has 0 atom stereocenters. The molecular formula is C14H14N2O4S2. The van der Waals surface area contributed by atoms with E-state index in [0.717, 1.165) is 22.3 Å². The van der Waals surface area contributed by atoms with Gasteiger partial charge in [0.2, 0.25) is 5.91 Å². The number of hydrazine groups is 1. The second kappa shape index (κ2) is 6.80. The topological polar surface area (TPSA) is 67.9 Å². The van der Waals surface area contributed by atoms with E-state index in [-0.39, 0.29) is 16.1 Å². The van der Waals surface area contributed by atoms with Gasteiger partial charge in [-0.25, -0.2) is 0 Å². The molecule has 1 heterocycles. The zero-order chi connectivity index (χ0) is 16.3. The highest BCUT2D eigenvalue weighted by atomic mass is 32.2. The first kappa shape index (κ1) is 16.3. The fourth-order valence-electron chi connectivity index (χ4n) is 1.82. The second-order valence-corrected chi connectivity index (χ2v) is 5.98. The molecule has 0 bridgehead atoms. The molecule has 0 aromatic heterocycles. The van der Waals surface area contributed by atoms with E-state index in [1.807, 2.05) is 0 Å². The Morgan fingerprint density at radius 3 is 2.59 bits per heavy atom. The Labute approximate surface area is 137 Å². The summed E-state index contributed by atoms with van der Waals surface area (Å²) >= 11 is 6.21. The standard InChI is InChI=1S/C14H14N2O4S2/c1-8(17)15-16-13(18)12(22-14(16)21)7-9-4-5-10(19-2)11(6-9)20-3/h4-7H,1-3H3,(H,15,17)/b12-7+. The molecule has 1 aromatic rings. The summed E-state index contributed by atoms with van der Waals surface area (Å²) in [7, 11) is 3.09. The van der Waals surface area contributed by atoms with Crippen LogP contribution in [-0.4, -0.2) is 35.4 Å². The van der Waals surface area contributed by atoms with Crippen LogP contribution in [-0.2, 0) is 9.59 Å². The maximum absolute atomic E-state index is 12.2. The predicted octanol–water partition coefficient (Wildman–Crippen LogP) is 1.96. The lowest BCUT2D eigenvalue weighted by Gasteiger charge is -2.13. The van der Waals surface area contributed by atoms with Gasteiger partial charge in [0.1, 0.15) is 0 Å². The van der Waals surface area contributed by atoms with Crippen LogP contribution in [0.5, 0.6) is 11.5 Å². The predicted molar refractivity (Wildman–Crippen MR) is 88.4 cm³/mol. The van der Waals surface area contributed by atoms with Crippen LogP contribution in [0, 0.1) is 0 Å². The van der Waals surface area contributed by atoms with Crippen LogP contribution < -0.4 is 14.9 Å². The van der Waals surface area contributed by atoms with E-state index in [1.165, 1.54) is 14.0 Å². The summed E-state index contributed by atoms with van der Waals surface area (Å²) in [5.74, 6) is 0.447. The van der Waals surface area contributed by atoms with Crippen LogP contribution in [0.15, 0.2) is 23.1 Å². The smallest absolute Gasteiger partial charge is 0.285 e. The number of rotatable bonds is 4. The normalized spacial score (nSPS) is 16.1. The molecule has 1 aromatic carbocycles. The van der Waals surface area contributed by atoms with Gasteiger partial charge in [0.05, 0.1) is 19.1 Å². The first-order chi connectivity index (χ1) is 10.5. The molecule has 8 heteroatoms. The number of carbonyl (C=O) groups excluding carboxylic acids is 2. The van der Waals surface area contributed by atoms with E-state index in [2.05, 4.69) is 5.43 Å². The molecule has 0 saturated carbocycles. The second-order valence-electron chi connectivity index (χ2n) is 4.30. The van der Waals surface area contributed by atoms with Gasteiger partial charge >= 0.3 is 0 Å². The zero-order valence-corrected chi connectivity index (χ0v) is 13.8. The first-order valence-electron chi connectivity index (χ1n) is 6.23. The van der Waals surface area contributed by atoms with E-state index in [9.17, 15) is 9.59 Å². The molecule has 0 radical (unpaired) electrons. The molecule has 1 aliphatic rings. The van der Waals surface area contributed by atoms with E-state index in [4.69, 9.17) is 21.7 Å². The van der Waals surface area contributed by atoms with Crippen molar-refractivity contribution in [2.45, 2.75) is 6.92 Å². The Bertz CT molecular complexity index is 673. The summed E-state index contributed by atoms with van der Waals surface area (Å²) in [5, 5.41) is 1.06. The molecule has 1 fully saturated rings. The van der Waals surface area contributed by atoms with Crippen LogP contribution in [0.1, 0.15) is 12.5 Å². The van der Waals surface area contributed by atoms with Crippen molar-refractivity contribution < 1.29 is 19.1 Å². The fraction of sp³-hybridized carbons (Fsp3) is 0.214. The number of ether oxygens (including phenoxy) is 2. The summed E-state index contributed by atoms with van der Waals surface area (Å²) in [6.45, 7) is 1.32. The van der Waals surface area contributed by atoms with Gasteiger partial charge < -0.3 is 9.47 Å². The van der Waals surface area contributed by atoms with Crippen molar-refractivity contribution in [1.29, 1.82) is 0 Å². The largest absolute Gasteiger partial charge is 0.493 e. The van der Waals surface area contributed by atoms with Crippen LogP contribution in [0.4, 0.5) is 0 Å². The molecular weight excluding hydrogens is 324 g/mol. The quantitative estimate of drug-likeness (QED) is 0.669. The third-order valence-electron chi connectivity index (χ3n) is 2.77. The van der Waals surface area contributed by atoms with Crippen molar-refractivity contribution in [2.75, 3.05) is 14.2 Å². The Morgan fingerprint density at radius 2 is 2.00 bits per heavy atom. The van der Waals surface area contributed by atoms with Gasteiger partial charge in [-0.2, -0.15) is 5.01 Å². The van der Waals surface area contributed by atoms with E-state index in [1.54, 1.807) is 31.4 Å². The van der Waals surface area contributed by atoms with Gasteiger partial charge in [-0.15, -0.1) is 0 Å². The lowest BCUT2D eigenvalue weighted by Crippen LogP contribution is -2.43. The summed E-state index contributed by atoms with van der Waals surface area (Å²) in [6.07, 6.45) is 1.68. The molecule has 1 N–H and O–H groups in total. The minimum Gasteiger partial charge on any atom is -0.493 e. The average Bonchev–Trinajstić information content (AvgIpc) is 2.74. The molecule has 2 amide bonds. The minimum atomic E-state index is -0.361. The molecule has 116 valence electrons. The number of hydrogen-bond donors (Lipinski definition) is 1. The van der Waals surface area contributed by atoms with Gasteiger partial charge in [-0.05, 0) is 36.0 Å². The SMILES string of the molecule is COc1ccc(/C=C2/SC(=S)N(NC(C)=O)C2=O)cc1OC. The number of nitrogens with one attached hydrogen (secondary N) is 1. The lowest BCUT2D eigenvalue weighted by molar-refractivity contribution is -0.131. The van der Waals surface area contributed by atoms with E-state index < -0.39 is 0 Å². The van der Waals surface area contributed by atoms with Crippen molar-refractivity contribution in [2.24, 2.45) is 0 Å². The van der Waals surface area contributed by atoms with E-state index in [0.29, 0.717) is 16.4 Å². The van der Waals surface area contributed by atoms with Crippen LogP contribution in [0.25, 0.3) is 6.08 Å². The molecule has 6 nitrogen and oxygen atoms in total. The average molecular weight is 338 g/mol. The molecule has 22 heavy (non-hydrogen) atoms. The number of thiocarbonyl (C=S) groups is 1. The Hall–Kier alpha value is -2.06. The summed E-state index contributed by atoms with van der Waals surface area (Å²) in [4.78, 5) is 23.7. The molecule has 2 rings (SSSR count). The van der Waals surface area contributed by atoms with Crippen molar-refractivity contribution in [3.8, 4) is 11.5 Å². The number of benzene rings is 1. The number of methoxy groups -OCH3 is 2. The third kappa shape index (κ3) is 3.40. The Morgan fingerprint density at radius 1 is 1.32 bits per heavy atom. The lowest BCUT2D eigenvalue weighted by atomic mass is 10.2. The number of thioether (sulfide) groups is 1. The summed E-state index contributed by atoms with van der Waals surface area (Å²) in [6, 6.07) is 5.30. The highest BCUT2D eigenvalue weighted by Gasteiger charge is 2.33. The van der Waals surface area contributed by atoms with Gasteiger partial charge in [0.25, 0.3) is 5.91 Å². The molecule has 0 aliphatic carbocycles. The molecule has 0 spiro atoms. The van der Waals surface area contributed by atoms with Crippen LogP contribution in [0.3, 0.4) is 0 Å². The number of amides is 2. The molecule has 0 unspecified atom stereocenters. The maximum Gasteiger partial charge on any atom is 0.285 e. The number of nitrogens with zero attached hydrogens (tertiary/aromatic N) is 1. The number of hydrogen-bond acceptors (Lipinski definition) is 6. The monoisotopic (exact) mass is 338 g/mol. The van der Waals surface area contributed by atoms with Gasteiger partial charge in [-0.3, -0.25) is 15.0 Å². The van der Waals surface area contributed by atoms with Gasteiger partial charge in [0.15, 0.2) is 15.8 Å². The van der Waals surface area contributed by atoms with Crippen molar-refractivity contribution >= 4 is 46.2 Å². The summed E-state index contributed by atoms with van der Waals surface area (Å²) in [5.41, 5.74) is 3.16. The van der Waals surface area contributed by atoms with Crippen LogP contribution in [0.2, 0.25) is 0 Å². The van der Waals surface area contributed by atoms with Gasteiger partial charge in [-0.1, -0.05) is 17.8 Å². The third-order valence-corrected chi connectivity index (χ3v) is 4.07. The van der Waals surface area contributed by atoms with Gasteiger partial charge in [0, 0.05) is 6.92 Å². The van der Waals surface area contributed by atoms with Crippen molar-refractivity contribution in [3.63, 3.8) is 0 Å². The zero-order valence-electron chi connectivity index (χ0n) is 12.2. The van der Waals surface area contributed by atoms with Crippen molar-refractivity contribution in [1.82, 2.24) is 10.4 Å². The fourth-order valence-corrected chi connectivity index (χ4v) is 2.99. The maximum atomic E-state index is 12.2. The highest BCUT2D eigenvalue weighted by molar-refractivity contribution is 8.26. The van der Waals surface area contributed by atoms with Crippen molar-refractivity contribution in [3.05, 3.63) is 28.7 Å². The van der Waals surface area contributed by atoms with E-state index >= 15 is 0 Å². The molecule has 1 saturated heterocycles. The highest BCUT2D eigenvalue weighted by Crippen LogP contribution is 2.33. The Kier molecular flexibility index (Phi) is 5.04. The first-order valence-corrected chi connectivity index (χ1v) is 7.46. The van der Waals surface area contributed by atoms with Crippen LogP contribution >= 0.6 is 24.0 Å². The number of carbonyl (C=O) groups is 2. The Balaban J connectivity index is 2.28. The minimum absolute atomic E-state index is 0.284. The molecule has 1 aliphatic heterocycles.